The van der Waals surface area contributed by atoms with Gasteiger partial charge in [-0.05, 0) is 29.4 Å². The Balaban J connectivity index is 2.25. The average molecular weight is 172 g/mol. The van der Waals surface area contributed by atoms with Gasteiger partial charge in [-0.15, -0.1) is 0 Å². The highest BCUT2D eigenvalue weighted by Gasteiger charge is 2.48. The Labute approximate surface area is 76.2 Å². The quantitative estimate of drug-likeness (QED) is 0.616. The monoisotopic (exact) mass is 172 g/mol. The zero-order chi connectivity index (χ0) is 8.48. The largest absolute Gasteiger partial charge is 0.176 e. The molecule has 1 saturated carbocycles. The van der Waals surface area contributed by atoms with E-state index >= 15 is 0 Å². The van der Waals surface area contributed by atoms with Crippen LogP contribution in [-0.2, 0) is 0 Å². The van der Waals surface area contributed by atoms with Gasteiger partial charge in [-0.1, -0.05) is 33.6 Å². The van der Waals surface area contributed by atoms with E-state index in [2.05, 4.69) is 33.4 Å². The lowest BCUT2D eigenvalue weighted by Crippen LogP contribution is -2.05. The van der Waals surface area contributed by atoms with Gasteiger partial charge in [0.2, 0.25) is 0 Å². The van der Waals surface area contributed by atoms with Gasteiger partial charge < -0.3 is 0 Å². The zero-order valence-corrected chi connectivity index (χ0v) is 8.82. The van der Waals surface area contributed by atoms with Crippen molar-refractivity contribution >= 4 is 12.6 Å². The van der Waals surface area contributed by atoms with Crippen LogP contribution in [0.5, 0.6) is 0 Å². The van der Waals surface area contributed by atoms with Gasteiger partial charge in [0.05, 0.1) is 0 Å². The van der Waals surface area contributed by atoms with E-state index < -0.39 is 0 Å². The van der Waals surface area contributed by atoms with Crippen molar-refractivity contribution in [2.45, 2.75) is 51.7 Å². The summed E-state index contributed by atoms with van der Waals surface area (Å²) in [5.41, 5.74) is 0.664. The molecule has 0 bridgehead atoms. The van der Waals surface area contributed by atoms with Crippen LogP contribution in [0.2, 0.25) is 0 Å². The molecule has 3 unspecified atom stereocenters. The second kappa shape index (κ2) is 3.38. The highest BCUT2D eigenvalue weighted by Crippen LogP contribution is 2.57. The normalized spacial score (nSPS) is 38.7. The predicted molar refractivity (Wildman–Crippen MR) is 54.2 cm³/mol. The van der Waals surface area contributed by atoms with Crippen molar-refractivity contribution in [1.29, 1.82) is 0 Å². The molecule has 1 aliphatic carbocycles. The second-order valence-electron chi connectivity index (χ2n) is 4.40. The van der Waals surface area contributed by atoms with Crippen LogP contribution in [0.4, 0.5) is 0 Å². The molecular formula is C10H20S. The fourth-order valence-electron chi connectivity index (χ4n) is 2.23. The van der Waals surface area contributed by atoms with Crippen molar-refractivity contribution in [3.8, 4) is 0 Å². The van der Waals surface area contributed by atoms with Gasteiger partial charge in [0.1, 0.15) is 0 Å². The van der Waals surface area contributed by atoms with Crippen LogP contribution >= 0.6 is 12.6 Å². The molecule has 0 spiro atoms. The van der Waals surface area contributed by atoms with E-state index in [0.29, 0.717) is 10.7 Å². The van der Waals surface area contributed by atoms with Crippen molar-refractivity contribution in [2.75, 3.05) is 0 Å². The molecule has 1 fully saturated rings. The maximum Gasteiger partial charge on any atom is -0.000631 e. The summed E-state index contributed by atoms with van der Waals surface area (Å²) >= 11 is 4.44. The molecule has 0 aromatic heterocycles. The highest BCUT2D eigenvalue weighted by atomic mass is 32.1. The Morgan fingerprint density at radius 3 is 2.73 bits per heavy atom. The van der Waals surface area contributed by atoms with Crippen LogP contribution in [0, 0.1) is 11.3 Å². The van der Waals surface area contributed by atoms with E-state index in [9.17, 15) is 0 Å². The summed E-state index contributed by atoms with van der Waals surface area (Å²) in [7, 11) is 0. The van der Waals surface area contributed by atoms with Gasteiger partial charge in [-0.25, -0.2) is 0 Å². The number of rotatable bonds is 4. The smallest absolute Gasteiger partial charge is 0.000631 e. The molecular weight excluding hydrogens is 152 g/mol. The fourth-order valence-corrected chi connectivity index (χ4v) is 2.64. The van der Waals surface area contributed by atoms with Crippen molar-refractivity contribution in [3.63, 3.8) is 0 Å². The molecule has 3 atom stereocenters. The third kappa shape index (κ3) is 2.40. The molecule has 0 aromatic carbocycles. The van der Waals surface area contributed by atoms with Crippen LogP contribution in [0.15, 0.2) is 0 Å². The molecule has 0 aromatic rings. The van der Waals surface area contributed by atoms with Crippen LogP contribution in [0.25, 0.3) is 0 Å². The summed E-state index contributed by atoms with van der Waals surface area (Å²) in [5.74, 6) is 1.02. The molecule has 1 heteroatoms. The van der Waals surface area contributed by atoms with E-state index in [-0.39, 0.29) is 0 Å². The number of hydrogen-bond acceptors (Lipinski definition) is 1. The van der Waals surface area contributed by atoms with Crippen LogP contribution < -0.4 is 0 Å². The maximum absolute atomic E-state index is 4.44. The van der Waals surface area contributed by atoms with Crippen molar-refractivity contribution in [3.05, 3.63) is 0 Å². The molecule has 1 aliphatic rings. The second-order valence-corrected chi connectivity index (χ2v) is 5.28. The van der Waals surface area contributed by atoms with Gasteiger partial charge >= 0.3 is 0 Å². The number of thiol groups is 1. The van der Waals surface area contributed by atoms with E-state index in [4.69, 9.17) is 0 Å². The van der Waals surface area contributed by atoms with E-state index in [1.54, 1.807) is 0 Å². The predicted octanol–water partition coefficient (Wildman–Crippen LogP) is 3.52. The lowest BCUT2D eigenvalue weighted by Gasteiger charge is -2.12. The fraction of sp³-hybridized carbons (Fsp3) is 1.00. The van der Waals surface area contributed by atoms with E-state index in [1.165, 1.54) is 25.7 Å². The number of hydrogen-bond donors (Lipinski definition) is 1. The van der Waals surface area contributed by atoms with Crippen molar-refractivity contribution in [1.82, 2.24) is 0 Å². The summed E-state index contributed by atoms with van der Waals surface area (Å²) in [5, 5.41) is 0.585. The SMILES string of the molecule is CCCC1CC1(C)CC(C)S. The minimum Gasteiger partial charge on any atom is -0.176 e. The Bertz CT molecular complexity index is 131. The molecule has 0 nitrogen and oxygen atoms in total. The molecule has 0 amide bonds. The van der Waals surface area contributed by atoms with Gasteiger partial charge in [-0.2, -0.15) is 12.6 Å². The first-order chi connectivity index (χ1) is 5.08. The molecule has 0 N–H and O–H groups in total. The molecule has 66 valence electrons. The summed E-state index contributed by atoms with van der Waals surface area (Å²) in [4.78, 5) is 0. The zero-order valence-electron chi connectivity index (χ0n) is 7.93. The minimum atomic E-state index is 0.585. The van der Waals surface area contributed by atoms with Gasteiger partial charge in [0, 0.05) is 0 Å². The molecule has 0 heterocycles. The van der Waals surface area contributed by atoms with Crippen molar-refractivity contribution in [2.24, 2.45) is 11.3 Å². The molecule has 11 heavy (non-hydrogen) atoms. The van der Waals surface area contributed by atoms with Crippen LogP contribution in [0.3, 0.4) is 0 Å². The highest BCUT2D eigenvalue weighted by molar-refractivity contribution is 7.80. The Hall–Kier alpha value is 0.350. The topological polar surface area (TPSA) is 0 Å². The van der Waals surface area contributed by atoms with Gasteiger partial charge in [0.25, 0.3) is 0 Å². The summed E-state index contributed by atoms with van der Waals surface area (Å²) < 4.78 is 0. The molecule has 0 saturated heterocycles. The van der Waals surface area contributed by atoms with Crippen LogP contribution in [-0.4, -0.2) is 5.25 Å². The summed E-state index contributed by atoms with van der Waals surface area (Å²) in [6.45, 7) is 6.90. The van der Waals surface area contributed by atoms with Crippen molar-refractivity contribution < 1.29 is 0 Å². The first-order valence-electron chi connectivity index (χ1n) is 4.76. The Morgan fingerprint density at radius 2 is 2.27 bits per heavy atom. The third-order valence-electron chi connectivity index (χ3n) is 2.94. The first-order valence-corrected chi connectivity index (χ1v) is 5.28. The summed E-state index contributed by atoms with van der Waals surface area (Å²) in [6, 6.07) is 0. The molecule has 0 aliphatic heterocycles. The van der Waals surface area contributed by atoms with E-state index in [0.717, 1.165) is 5.92 Å². The molecule has 0 radical (unpaired) electrons. The maximum atomic E-state index is 4.44. The first kappa shape index (κ1) is 9.44. The summed E-state index contributed by atoms with van der Waals surface area (Å²) in [6.07, 6.45) is 5.53. The lowest BCUT2D eigenvalue weighted by molar-refractivity contribution is 0.446. The average Bonchev–Trinajstić information content (AvgIpc) is 2.40. The Morgan fingerprint density at radius 1 is 1.64 bits per heavy atom. The molecule has 1 rings (SSSR count). The van der Waals surface area contributed by atoms with Crippen LogP contribution in [0.1, 0.15) is 46.5 Å². The van der Waals surface area contributed by atoms with E-state index in [1.807, 2.05) is 0 Å². The van der Waals surface area contributed by atoms with Gasteiger partial charge in [-0.3, -0.25) is 0 Å². The lowest BCUT2D eigenvalue weighted by atomic mass is 9.98. The third-order valence-corrected chi connectivity index (χ3v) is 3.12. The Kier molecular flexibility index (Phi) is 2.90. The van der Waals surface area contributed by atoms with Gasteiger partial charge in [0.15, 0.2) is 0 Å². The minimum absolute atomic E-state index is 0.585. The standard InChI is InChI=1S/C10H20S/c1-4-5-9-7-10(9,3)6-8(2)11/h8-9,11H,4-7H2,1-3H3.